The molecule has 3 aliphatic heterocycles. The van der Waals surface area contributed by atoms with Gasteiger partial charge in [0.25, 0.3) is 5.91 Å². The minimum atomic E-state index is -5.15. The van der Waals surface area contributed by atoms with E-state index >= 15 is 18.0 Å². The third-order valence-corrected chi connectivity index (χ3v) is 15.3. The summed E-state index contributed by atoms with van der Waals surface area (Å²) in [5.74, 6) is -3.96. The molecule has 1 aromatic carbocycles. The lowest BCUT2D eigenvalue weighted by Crippen LogP contribution is -2.58. The molecular formula is C46H54F3N7O11S. The summed E-state index contributed by atoms with van der Waals surface area (Å²) in [4.78, 5) is 80.3. The molecule has 0 radical (unpaired) electrons. The molecule has 5 heterocycles. The average Bonchev–Trinajstić information content (AvgIpc) is 4.15. The summed E-state index contributed by atoms with van der Waals surface area (Å²) >= 11 is 0. The summed E-state index contributed by atoms with van der Waals surface area (Å²) in [5.41, 5.74) is -6.28. The Bertz CT molecular complexity index is 2660. The van der Waals surface area contributed by atoms with Crippen molar-refractivity contribution in [3.63, 3.8) is 0 Å². The maximum absolute atomic E-state index is 15.3. The second kappa shape index (κ2) is 17.7. The van der Waals surface area contributed by atoms with Crippen LogP contribution in [0.2, 0.25) is 0 Å². The molecule has 18 nitrogen and oxygen atoms in total. The number of halogens is 3. The van der Waals surface area contributed by atoms with Gasteiger partial charge < -0.3 is 34.5 Å². The first kappa shape index (κ1) is 48.3. The predicted octanol–water partition coefficient (Wildman–Crippen LogP) is 6.36. The molecule has 22 heteroatoms. The van der Waals surface area contributed by atoms with Crippen molar-refractivity contribution < 1.29 is 64.5 Å². The Labute approximate surface area is 390 Å². The number of benzene rings is 1. The van der Waals surface area contributed by atoms with Gasteiger partial charge in [0.1, 0.15) is 40.7 Å². The van der Waals surface area contributed by atoms with Crippen molar-refractivity contribution in [1.82, 2.24) is 30.2 Å². The van der Waals surface area contributed by atoms with Gasteiger partial charge in [0.05, 0.1) is 35.8 Å². The lowest BCUT2D eigenvalue weighted by atomic mass is 9.84. The molecule has 0 bridgehead atoms. The van der Waals surface area contributed by atoms with E-state index in [1.807, 2.05) is 6.08 Å². The van der Waals surface area contributed by atoms with Gasteiger partial charge in [0.15, 0.2) is 11.4 Å². The number of alkyl halides is 3. The fourth-order valence-electron chi connectivity index (χ4n) is 9.16. The SMILES string of the molecule is COc1ccc2nc(C(F)(F)F)c3c(c2c1)[C@H](OC(=O)Nc1cccnc1)C[C@]1(C[C@H]2C(=O)N[C@]4(C(=O)NS(=O)(=O)C5(C)CC5)C[C@H]4/C=C\CCCCC[C@H](NC(=O)OC(C)(C)C)C(=O)N2C1)O3. The molecule has 0 unspecified atom stereocenters. The number of fused-ring (bicyclic) bond motifs is 5. The monoisotopic (exact) mass is 969 g/mol. The quantitative estimate of drug-likeness (QED) is 0.189. The second-order valence-corrected chi connectivity index (χ2v) is 21.6. The summed E-state index contributed by atoms with van der Waals surface area (Å²) < 4.78 is 97.0. The molecule has 366 valence electrons. The first-order valence-electron chi connectivity index (χ1n) is 22.5. The van der Waals surface area contributed by atoms with Crippen LogP contribution in [0.1, 0.15) is 109 Å². The van der Waals surface area contributed by atoms with Crippen LogP contribution in [0.25, 0.3) is 10.9 Å². The van der Waals surface area contributed by atoms with E-state index in [-0.39, 0.29) is 40.7 Å². The number of carbonyl (C=O) groups is 5. The number of nitrogens with zero attached hydrogens (tertiary/aromatic N) is 3. The van der Waals surface area contributed by atoms with Crippen LogP contribution in [0.15, 0.2) is 54.9 Å². The van der Waals surface area contributed by atoms with Gasteiger partial charge in [-0.2, -0.15) is 13.2 Å². The number of hydrogen-bond acceptors (Lipinski definition) is 13. The number of anilines is 1. The zero-order chi connectivity index (χ0) is 49.0. The molecule has 2 aromatic heterocycles. The molecule has 5 aliphatic rings. The number of rotatable bonds is 7. The highest BCUT2D eigenvalue weighted by Crippen LogP contribution is 2.54. The fraction of sp³-hybridized carbons (Fsp3) is 0.543. The van der Waals surface area contributed by atoms with E-state index in [1.165, 1.54) is 50.7 Å². The normalized spacial score (nSPS) is 27.4. The van der Waals surface area contributed by atoms with Crippen molar-refractivity contribution in [2.24, 2.45) is 5.92 Å². The van der Waals surface area contributed by atoms with Gasteiger partial charge in [-0.25, -0.2) is 23.0 Å². The number of sulfonamides is 1. The highest BCUT2D eigenvalue weighted by Gasteiger charge is 2.64. The molecule has 5 amide bonds. The molecule has 3 aromatic rings. The lowest BCUT2D eigenvalue weighted by molar-refractivity contribution is -0.145. The predicted molar refractivity (Wildman–Crippen MR) is 238 cm³/mol. The number of ether oxygens (including phenoxy) is 4. The molecule has 8 rings (SSSR count). The van der Waals surface area contributed by atoms with E-state index in [9.17, 15) is 27.6 Å². The Kier molecular flexibility index (Phi) is 12.6. The third-order valence-electron chi connectivity index (χ3n) is 13.1. The van der Waals surface area contributed by atoms with Crippen molar-refractivity contribution in [1.29, 1.82) is 0 Å². The van der Waals surface area contributed by atoms with Gasteiger partial charge in [0, 0.05) is 35.9 Å². The topological polar surface area (TPSA) is 234 Å². The Balaban J connectivity index is 1.23. The van der Waals surface area contributed by atoms with Gasteiger partial charge >= 0.3 is 18.4 Å². The van der Waals surface area contributed by atoms with Crippen molar-refractivity contribution in [3.05, 3.63) is 66.1 Å². The van der Waals surface area contributed by atoms with E-state index in [0.717, 1.165) is 4.90 Å². The zero-order valence-corrected chi connectivity index (χ0v) is 39.0. The maximum atomic E-state index is 15.3. The summed E-state index contributed by atoms with van der Waals surface area (Å²) in [7, 11) is -2.82. The van der Waals surface area contributed by atoms with Crippen LogP contribution < -0.4 is 30.1 Å². The minimum Gasteiger partial charge on any atom is -0.497 e. The maximum Gasteiger partial charge on any atom is 0.437 e. The Morgan fingerprint density at radius 1 is 1.01 bits per heavy atom. The van der Waals surface area contributed by atoms with E-state index < -0.39 is 123 Å². The number of alkyl carbamates (subject to hydrolysis) is 1. The molecule has 68 heavy (non-hydrogen) atoms. The van der Waals surface area contributed by atoms with Crippen molar-refractivity contribution in [2.75, 3.05) is 19.0 Å². The Morgan fingerprint density at radius 2 is 1.78 bits per heavy atom. The van der Waals surface area contributed by atoms with E-state index in [1.54, 1.807) is 32.9 Å². The average molecular weight is 970 g/mol. The molecule has 6 atom stereocenters. The number of aromatic nitrogens is 2. The number of methoxy groups -OCH3 is 1. The van der Waals surface area contributed by atoms with Crippen LogP contribution in [0.5, 0.6) is 11.5 Å². The van der Waals surface area contributed by atoms with Gasteiger partial charge in [-0.05, 0) is 96.6 Å². The smallest absolute Gasteiger partial charge is 0.437 e. The first-order chi connectivity index (χ1) is 32.0. The largest absolute Gasteiger partial charge is 0.497 e. The van der Waals surface area contributed by atoms with Crippen molar-refractivity contribution in [2.45, 2.75) is 138 Å². The first-order valence-corrected chi connectivity index (χ1v) is 23.9. The fourth-order valence-corrected chi connectivity index (χ4v) is 10.5. The van der Waals surface area contributed by atoms with Gasteiger partial charge in [-0.1, -0.05) is 25.0 Å². The minimum absolute atomic E-state index is 0.00489. The third kappa shape index (κ3) is 9.86. The number of carbonyl (C=O) groups excluding carboxylic acids is 5. The molecule has 1 saturated heterocycles. The van der Waals surface area contributed by atoms with Crippen LogP contribution in [-0.2, 0) is 40.1 Å². The number of nitrogens with one attached hydrogen (secondary N) is 4. The van der Waals surface area contributed by atoms with Gasteiger partial charge in [-0.15, -0.1) is 0 Å². The van der Waals surface area contributed by atoms with Crippen LogP contribution >= 0.6 is 0 Å². The van der Waals surface area contributed by atoms with E-state index in [0.29, 0.717) is 38.5 Å². The number of hydrogen-bond donors (Lipinski definition) is 4. The van der Waals surface area contributed by atoms with E-state index in [2.05, 4.69) is 30.6 Å². The van der Waals surface area contributed by atoms with E-state index in [4.69, 9.17) is 18.9 Å². The summed E-state index contributed by atoms with van der Waals surface area (Å²) in [5, 5.41) is 8.03. The second-order valence-electron chi connectivity index (χ2n) is 19.4. The molecular weight excluding hydrogens is 916 g/mol. The molecule has 2 saturated carbocycles. The van der Waals surface area contributed by atoms with Gasteiger partial charge in [-0.3, -0.25) is 29.4 Å². The summed E-state index contributed by atoms with van der Waals surface area (Å²) in [6.45, 7) is 5.82. The summed E-state index contributed by atoms with van der Waals surface area (Å²) in [6.07, 6.45) is -0.332. The van der Waals surface area contributed by atoms with Gasteiger partial charge in [0.2, 0.25) is 21.8 Å². The standard InChI is InChI=1S/C46H54F3N7O11S/c1-42(2,3)67-41(61)53-31-14-10-8-6-7-9-12-26-21-45(26,39(59)55-68(62,63)43(4)17-18-43)54-37(57)32-22-44(25-56(32)38(31)58)23-33(65-40(60)51-27-13-11-19-50-24-27)34-29-20-28(64-5)15-16-30(29)52-36(35(34)66-44)46(47,48)49/h9,11-13,15-16,19-20,24,26,31-33H,6-8,10,14,17-18,21-23,25H2,1-5H3,(H,51,60)(H,53,61)(H,54,57)(H,55,59)/b12-9-/t26-,31+,32+,33-,44+,45-/m1/s1. The molecule has 1 spiro atoms. The Morgan fingerprint density at radius 3 is 2.46 bits per heavy atom. The zero-order valence-electron chi connectivity index (χ0n) is 38.2. The van der Waals surface area contributed by atoms with Crippen LogP contribution in [0.3, 0.4) is 0 Å². The Hall–Kier alpha value is -6.19. The summed E-state index contributed by atoms with van der Waals surface area (Å²) in [6, 6.07) is 4.30. The molecule has 4 N–H and O–H groups in total. The molecule has 2 aliphatic carbocycles. The van der Waals surface area contributed by atoms with Crippen molar-refractivity contribution >= 4 is 56.5 Å². The molecule has 3 fully saturated rings. The van der Waals surface area contributed by atoms with Crippen LogP contribution in [0, 0.1) is 5.92 Å². The highest BCUT2D eigenvalue weighted by molar-refractivity contribution is 7.91. The lowest BCUT2D eigenvalue weighted by Gasteiger charge is -2.40. The van der Waals surface area contributed by atoms with Crippen LogP contribution in [-0.4, -0.2) is 100 Å². The van der Waals surface area contributed by atoms with Crippen LogP contribution in [0.4, 0.5) is 28.4 Å². The number of amides is 5. The highest BCUT2D eigenvalue weighted by atomic mass is 32.2. The number of pyridine rings is 2. The van der Waals surface area contributed by atoms with Crippen molar-refractivity contribution in [3.8, 4) is 11.5 Å². The number of allylic oxidation sites excluding steroid dienone is 1.